The largest absolute Gasteiger partial charge is 0.393 e. The van der Waals surface area contributed by atoms with Crippen molar-refractivity contribution in [2.45, 2.75) is 50.8 Å². The number of hydrogen-bond acceptors (Lipinski definition) is 2. The van der Waals surface area contributed by atoms with Gasteiger partial charge < -0.3 is 10.4 Å². The van der Waals surface area contributed by atoms with Crippen LogP contribution in [0.25, 0.3) is 0 Å². The van der Waals surface area contributed by atoms with E-state index in [1.807, 2.05) is 12.1 Å². The fraction of sp³-hybridized carbons (Fsp3) is 0.571. The molecule has 0 spiro atoms. The second-order valence-electron chi connectivity index (χ2n) is 4.95. The third-order valence-electron chi connectivity index (χ3n) is 3.55. The van der Waals surface area contributed by atoms with Crippen LogP contribution in [0.1, 0.15) is 44.2 Å². The highest BCUT2D eigenvalue weighted by Crippen LogP contribution is 2.22. The Morgan fingerprint density at radius 1 is 1.18 bits per heavy atom. The lowest BCUT2D eigenvalue weighted by atomic mass is 9.92. The number of benzene rings is 1. The summed E-state index contributed by atoms with van der Waals surface area (Å²) in [7, 11) is 0. The lowest BCUT2D eigenvalue weighted by Crippen LogP contribution is -2.36. The van der Waals surface area contributed by atoms with Crippen molar-refractivity contribution in [2.24, 2.45) is 0 Å². The van der Waals surface area contributed by atoms with Crippen LogP contribution in [0.5, 0.6) is 0 Å². The molecule has 2 nitrogen and oxygen atoms in total. The second-order valence-corrected chi connectivity index (χ2v) is 5.38. The summed E-state index contributed by atoms with van der Waals surface area (Å²) in [5.41, 5.74) is 1.26. The van der Waals surface area contributed by atoms with Crippen molar-refractivity contribution in [1.29, 1.82) is 0 Å². The van der Waals surface area contributed by atoms with E-state index < -0.39 is 0 Å². The Balaban J connectivity index is 1.88. The van der Waals surface area contributed by atoms with E-state index >= 15 is 0 Å². The van der Waals surface area contributed by atoms with Gasteiger partial charge in [-0.1, -0.05) is 23.7 Å². The van der Waals surface area contributed by atoms with Crippen molar-refractivity contribution in [1.82, 2.24) is 5.32 Å². The van der Waals surface area contributed by atoms with E-state index in [4.69, 9.17) is 11.6 Å². The molecule has 2 N–H and O–H groups in total. The molecule has 0 saturated heterocycles. The van der Waals surface area contributed by atoms with Crippen molar-refractivity contribution < 1.29 is 5.11 Å². The van der Waals surface area contributed by atoms with Gasteiger partial charge in [0, 0.05) is 17.1 Å². The smallest absolute Gasteiger partial charge is 0.0541 e. The first-order valence-corrected chi connectivity index (χ1v) is 6.72. The molecule has 0 radical (unpaired) electrons. The first-order valence-electron chi connectivity index (χ1n) is 6.34. The molecule has 1 saturated carbocycles. The van der Waals surface area contributed by atoms with Gasteiger partial charge in [-0.15, -0.1) is 0 Å². The zero-order valence-corrected chi connectivity index (χ0v) is 11.0. The van der Waals surface area contributed by atoms with Crippen molar-refractivity contribution in [3.05, 3.63) is 34.9 Å². The zero-order chi connectivity index (χ0) is 12.3. The summed E-state index contributed by atoms with van der Waals surface area (Å²) in [4.78, 5) is 0. The molecule has 3 heteroatoms. The fourth-order valence-electron chi connectivity index (χ4n) is 2.44. The first-order chi connectivity index (χ1) is 8.15. The highest BCUT2D eigenvalue weighted by Gasteiger charge is 2.20. The highest BCUT2D eigenvalue weighted by molar-refractivity contribution is 6.30. The molecule has 17 heavy (non-hydrogen) atoms. The Morgan fingerprint density at radius 3 is 2.35 bits per heavy atom. The molecule has 1 aliphatic rings. The molecule has 0 unspecified atom stereocenters. The van der Waals surface area contributed by atoms with E-state index in [0.29, 0.717) is 12.1 Å². The standard InChI is InChI=1S/C14H20ClNO/c1-10(11-2-4-12(15)5-3-11)16-13-6-8-14(17)9-7-13/h2-5,10,13-14,16-17H,6-9H2,1H3/t10-,13?,14?/m1/s1. The van der Waals surface area contributed by atoms with Crippen molar-refractivity contribution in [3.63, 3.8) is 0 Å². The Kier molecular flexibility index (Phi) is 4.43. The molecular weight excluding hydrogens is 234 g/mol. The van der Waals surface area contributed by atoms with Gasteiger partial charge in [-0.25, -0.2) is 0 Å². The van der Waals surface area contributed by atoms with Crippen LogP contribution in [0, 0.1) is 0 Å². The molecule has 2 rings (SSSR count). The van der Waals surface area contributed by atoms with Crippen LogP contribution < -0.4 is 5.32 Å². The number of nitrogens with one attached hydrogen (secondary N) is 1. The molecule has 0 heterocycles. The van der Waals surface area contributed by atoms with Crippen LogP contribution in [-0.2, 0) is 0 Å². The van der Waals surface area contributed by atoms with Gasteiger partial charge in [-0.05, 0) is 50.3 Å². The lowest BCUT2D eigenvalue weighted by molar-refractivity contribution is 0.114. The molecule has 1 aliphatic carbocycles. The van der Waals surface area contributed by atoms with Gasteiger partial charge in [-0.3, -0.25) is 0 Å². The fourth-order valence-corrected chi connectivity index (χ4v) is 2.57. The maximum Gasteiger partial charge on any atom is 0.0541 e. The lowest BCUT2D eigenvalue weighted by Gasteiger charge is -2.29. The molecule has 0 aromatic heterocycles. The normalized spacial score (nSPS) is 26.8. The van der Waals surface area contributed by atoms with Crippen LogP contribution in [0.4, 0.5) is 0 Å². The van der Waals surface area contributed by atoms with Crippen LogP contribution in [0.2, 0.25) is 5.02 Å². The van der Waals surface area contributed by atoms with E-state index in [1.165, 1.54) is 5.56 Å². The molecule has 1 aromatic carbocycles. The van der Waals surface area contributed by atoms with Gasteiger partial charge in [0.1, 0.15) is 0 Å². The van der Waals surface area contributed by atoms with Gasteiger partial charge in [0.25, 0.3) is 0 Å². The van der Waals surface area contributed by atoms with Crippen LogP contribution in [0.15, 0.2) is 24.3 Å². The molecule has 1 fully saturated rings. The van der Waals surface area contributed by atoms with Gasteiger partial charge in [0.05, 0.1) is 6.10 Å². The van der Waals surface area contributed by atoms with E-state index in [-0.39, 0.29) is 6.10 Å². The molecule has 0 bridgehead atoms. The zero-order valence-electron chi connectivity index (χ0n) is 10.2. The summed E-state index contributed by atoms with van der Waals surface area (Å²) in [5.74, 6) is 0. The first kappa shape index (κ1) is 12.9. The minimum atomic E-state index is -0.0844. The maximum atomic E-state index is 9.47. The predicted molar refractivity (Wildman–Crippen MR) is 71.3 cm³/mol. The summed E-state index contributed by atoms with van der Waals surface area (Å²) < 4.78 is 0. The van der Waals surface area contributed by atoms with Crippen molar-refractivity contribution >= 4 is 11.6 Å². The Bertz CT molecular complexity index is 344. The quantitative estimate of drug-likeness (QED) is 0.867. The maximum absolute atomic E-state index is 9.47. The Hall–Kier alpha value is -0.570. The van der Waals surface area contributed by atoms with E-state index in [1.54, 1.807) is 0 Å². The minimum absolute atomic E-state index is 0.0844. The number of aliphatic hydroxyl groups is 1. The van der Waals surface area contributed by atoms with E-state index in [9.17, 15) is 5.11 Å². The van der Waals surface area contributed by atoms with Gasteiger partial charge in [0.15, 0.2) is 0 Å². The van der Waals surface area contributed by atoms with E-state index in [2.05, 4.69) is 24.4 Å². The van der Waals surface area contributed by atoms with Crippen LogP contribution >= 0.6 is 11.6 Å². The number of aliphatic hydroxyl groups excluding tert-OH is 1. The Labute approximate surface area is 108 Å². The number of rotatable bonds is 3. The highest BCUT2D eigenvalue weighted by atomic mass is 35.5. The summed E-state index contributed by atoms with van der Waals surface area (Å²) in [6.45, 7) is 2.17. The van der Waals surface area contributed by atoms with Crippen molar-refractivity contribution in [2.75, 3.05) is 0 Å². The average molecular weight is 254 g/mol. The molecule has 0 amide bonds. The summed E-state index contributed by atoms with van der Waals surface area (Å²) >= 11 is 5.88. The van der Waals surface area contributed by atoms with Gasteiger partial charge in [0.2, 0.25) is 0 Å². The molecule has 1 atom stereocenters. The average Bonchev–Trinajstić information content (AvgIpc) is 2.33. The molecular formula is C14H20ClNO. The van der Waals surface area contributed by atoms with Gasteiger partial charge >= 0.3 is 0 Å². The summed E-state index contributed by atoms with van der Waals surface area (Å²) in [6, 6.07) is 8.87. The summed E-state index contributed by atoms with van der Waals surface area (Å²) in [6.07, 6.45) is 3.90. The minimum Gasteiger partial charge on any atom is -0.393 e. The molecule has 1 aromatic rings. The topological polar surface area (TPSA) is 32.3 Å². The van der Waals surface area contributed by atoms with E-state index in [0.717, 1.165) is 30.7 Å². The molecule has 94 valence electrons. The van der Waals surface area contributed by atoms with Crippen LogP contribution in [-0.4, -0.2) is 17.3 Å². The summed E-state index contributed by atoms with van der Waals surface area (Å²) in [5, 5.41) is 13.9. The molecule has 0 aliphatic heterocycles. The second kappa shape index (κ2) is 5.85. The number of halogens is 1. The monoisotopic (exact) mass is 253 g/mol. The van der Waals surface area contributed by atoms with Crippen molar-refractivity contribution in [3.8, 4) is 0 Å². The van der Waals surface area contributed by atoms with Gasteiger partial charge in [-0.2, -0.15) is 0 Å². The Morgan fingerprint density at radius 2 is 1.76 bits per heavy atom. The van der Waals surface area contributed by atoms with Crippen LogP contribution in [0.3, 0.4) is 0 Å². The predicted octanol–water partition coefficient (Wildman–Crippen LogP) is 3.29. The third-order valence-corrected chi connectivity index (χ3v) is 3.80. The SMILES string of the molecule is C[C@@H](NC1CCC(O)CC1)c1ccc(Cl)cc1. The third kappa shape index (κ3) is 3.70. The number of hydrogen-bond donors (Lipinski definition) is 2.